The number of carbonyl (C=O) groups excluding carboxylic acids is 3. The van der Waals surface area contributed by atoms with Gasteiger partial charge in [-0.1, -0.05) is 68.4 Å². The number of aromatic hydroxyl groups is 1. The molecule has 6 saturated heterocycles. The largest absolute Gasteiger partial charge is 0.508 e. The van der Waals surface area contributed by atoms with Gasteiger partial charge in [0.1, 0.15) is 48.0 Å². The third kappa shape index (κ3) is 11.2. The van der Waals surface area contributed by atoms with Gasteiger partial charge in [0.2, 0.25) is 11.8 Å². The molecule has 0 radical (unpaired) electrons. The van der Waals surface area contributed by atoms with E-state index in [1.54, 1.807) is 40.6 Å². The van der Waals surface area contributed by atoms with Crippen molar-refractivity contribution in [2.45, 2.75) is 147 Å². The highest BCUT2D eigenvalue weighted by atomic mass is 32.1. The van der Waals surface area contributed by atoms with Crippen LogP contribution in [0.4, 0.5) is 20.8 Å². The van der Waals surface area contributed by atoms with Gasteiger partial charge in [-0.25, -0.2) is 14.2 Å². The Kier molecular flexibility index (Phi) is 16.0. The van der Waals surface area contributed by atoms with Crippen molar-refractivity contribution < 1.29 is 43.0 Å². The number of aryl methyl sites for hydroxylation is 2. The number of thiazole rings is 1. The van der Waals surface area contributed by atoms with Crippen LogP contribution in [0.2, 0.25) is 0 Å². The molecule has 7 aromatic rings. The molecule has 458 valence electrons. The van der Waals surface area contributed by atoms with Crippen LogP contribution >= 0.6 is 11.3 Å². The fraction of sp³-hybridized carbons (Fsp3) is 0.508. The summed E-state index contributed by atoms with van der Waals surface area (Å²) in [6.07, 6.45) is 6.82. The smallest absolute Gasteiger partial charge is 0.409 e. The first-order chi connectivity index (χ1) is 42.0. The Bertz CT molecular complexity index is 3720. The predicted molar refractivity (Wildman–Crippen MR) is 329 cm³/mol. The Labute approximate surface area is 509 Å². The van der Waals surface area contributed by atoms with Gasteiger partial charge in [-0.3, -0.25) is 19.5 Å². The maximum Gasteiger partial charge on any atom is 0.409 e. The molecule has 6 fully saturated rings. The van der Waals surface area contributed by atoms with E-state index in [2.05, 4.69) is 42.4 Å². The zero-order chi connectivity index (χ0) is 60.4. The molecule has 2 unspecified atom stereocenters. The first-order valence-electron chi connectivity index (χ1n) is 31.0. The molecule has 9 atom stereocenters. The number of aromatic nitrogens is 5. The molecule has 20 nitrogen and oxygen atoms in total. The lowest BCUT2D eigenvalue weighted by Gasteiger charge is -2.39. The molecular formula is C65H77FN12O8S. The van der Waals surface area contributed by atoms with E-state index >= 15 is 4.39 Å². The quantitative estimate of drug-likeness (QED) is 0.0708. The maximum atomic E-state index is 17.4. The number of hydrogen-bond acceptors (Lipinski definition) is 18. The van der Waals surface area contributed by atoms with Gasteiger partial charge in [0.05, 0.1) is 39.2 Å². The first-order valence-corrected chi connectivity index (χ1v) is 31.9. The molecule has 0 spiro atoms. The number of anilines is 2. The number of nitrogens with zero attached hydrogens (tertiary/aromatic N) is 10. The van der Waals surface area contributed by atoms with Crippen LogP contribution in [-0.2, 0) is 20.7 Å². The SMILES string of the molecule is CCc1cccc2cc(O)cc(-c3ncc4c(N5CC6CCC(C5)N6)nc(OC[C@]56CCCN5[C@H](COC(=O)N5CCN(c7cc([C@@H](C(=O)N8C[C@H](O)C[C@H]8C(=O)N[C@@H](C)c8ccc(-c9scnc9C)cc8)C(C)C)on7)[C@@H](C)C5)CC6)nc4c3F)c12. The molecule has 2 bridgehead atoms. The fourth-order valence-corrected chi connectivity index (χ4v) is 15.7. The minimum absolute atomic E-state index is 0.0211. The minimum atomic E-state index is -0.869. The van der Waals surface area contributed by atoms with Crippen LogP contribution < -0.4 is 25.2 Å². The van der Waals surface area contributed by atoms with Crippen LogP contribution in [0.1, 0.15) is 114 Å². The molecule has 4 N–H and O–H groups in total. The second-order valence-corrected chi connectivity index (χ2v) is 26.2. The van der Waals surface area contributed by atoms with Crippen LogP contribution in [0.15, 0.2) is 76.9 Å². The van der Waals surface area contributed by atoms with Crippen LogP contribution in [0.25, 0.3) is 43.4 Å². The lowest BCUT2D eigenvalue weighted by Crippen LogP contribution is -2.54. The average Bonchev–Trinajstić information content (AvgIpc) is 1.98. The number of ether oxygens (including phenoxy) is 2. The Morgan fingerprint density at radius 3 is 2.52 bits per heavy atom. The standard InChI is InChI=1S/C65H77FN12O8S/c1-7-40-10-8-11-43-24-47(79)25-49(55(40)43)57-56(66)58-50(28-67-57)60(75-30-44-16-17-45(31-75)70-44)72-63(71-58)85-34-65-19-9-21-78(65)46(18-20-65)33-84-64(83)74-22-23-76(37(4)29-74)53-27-52(86-73-53)54(36(2)3)62(82)77-32-48(80)26-51(77)61(81)69-38(5)41-12-14-42(15-13-41)59-39(6)68-35-87-59/h8,10-15,24-25,27-28,35-38,44-46,48,51,54,70,79-80H,7,9,16-23,26,29-34H2,1-6H3,(H,69,81)/t37-,38-,44?,45?,46-,48+,51-,54-,65+/m0/s1. The van der Waals surface area contributed by atoms with E-state index in [9.17, 15) is 24.6 Å². The van der Waals surface area contributed by atoms with Crippen molar-refractivity contribution in [2.75, 3.05) is 68.8 Å². The number of amides is 3. The van der Waals surface area contributed by atoms with Gasteiger partial charge in [-0.05, 0) is 118 Å². The van der Waals surface area contributed by atoms with Gasteiger partial charge < -0.3 is 54.4 Å². The van der Waals surface area contributed by atoms with Crippen LogP contribution in [0.5, 0.6) is 11.8 Å². The zero-order valence-electron chi connectivity index (χ0n) is 50.2. The number of halogens is 1. The summed E-state index contributed by atoms with van der Waals surface area (Å²) in [4.78, 5) is 72.3. The summed E-state index contributed by atoms with van der Waals surface area (Å²) in [6, 6.07) is 18.2. The van der Waals surface area contributed by atoms with Gasteiger partial charge in [0, 0.05) is 87.7 Å². The molecule has 6 aliphatic rings. The summed E-state index contributed by atoms with van der Waals surface area (Å²) in [5.74, 6) is -0.714. The van der Waals surface area contributed by atoms with Gasteiger partial charge in [-0.15, -0.1) is 11.3 Å². The second-order valence-electron chi connectivity index (χ2n) is 25.3. The van der Waals surface area contributed by atoms with Gasteiger partial charge in [-0.2, -0.15) is 9.97 Å². The van der Waals surface area contributed by atoms with Crippen molar-refractivity contribution in [1.82, 2.24) is 50.4 Å². The number of β-amino-alcohol motifs (C(OH)–C–C–N with tert-alkyl or cyclic N) is 1. The molecule has 13 rings (SSSR count). The molecule has 4 aromatic heterocycles. The van der Waals surface area contributed by atoms with E-state index in [1.807, 2.05) is 82.6 Å². The number of likely N-dealkylation sites (tertiary alicyclic amines) is 1. The van der Waals surface area contributed by atoms with Crippen molar-refractivity contribution in [1.29, 1.82) is 0 Å². The number of nitrogens with one attached hydrogen (secondary N) is 2. The summed E-state index contributed by atoms with van der Waals surface area (Å²) in [5.41, 5.74) is 6.15. The predicted octanol–water partition coefficient (Wildman–Crippen LogP) is 8.91. The maximum absolute atomic E-state index is 17.4. The minimum Gasteiger partial charge on any atom is -0.508 e. The summed E-state index contributed by atoms with van der Waals surface area (Å²) < 4.78 is 36.1. The summed E-state index contributed by atoms with van der Waals surface area (Å²) >= 11 is 1.58. The Balaban J connectivity index is 0.642. The number of aliphatic hydroxyl groups excluding tert-OH is 1. The second kappa shape index (κ2) is 23.9. The number of fused-ring (bicyclic) bond motifs is 5. The van der Waals surface area contributed by atoms with E-state index in [0.717, 1.165) is 83.1 Å². The van der Waals surface area contributed by atoms with Gasteiger partial charge in [0.15, 0.2) is 17.4 Å². The van der Waals surface area contributed by atoms with Crippen molar-refractivity contribution >= 4 is 62.6 Å². The number of rotatable bonds is 16. The number of carbonyl (C=O) groups is 3. The van der Waals surface area contributed by atoms with E-state index in [1.165, 1.54) is 4.90 Å². The summed E-state index contributed by atoms with van der Waals surface area (Å²) in [5, 5.41) is 35.1. The third-order valence-corrected chi connectivity index (χ3v) is 20.3. The highest BCUT2D eigenvalue weighted by molar-refractivity contribution is 7.13. The van der Waals surface area contributed by atoms with Crippen molar-refractivity contribution in [3.63, 3.8) is 0 Å². The Morgan fingerprint density at radius 1 is 0.966 bits per heavy atom. The Hall–Kier alpha value is -7.53. The number of pyridine rings is 1. The normalized spacial score (nSPS) is 24.6. The molecule has 10 heterocycles. The van der Waals surface area contributed by atoms with E-state index in [0.29, 0.717) is 79.6 Å². The molecule has 0 saturated carbocycles. The molecule has 3 amide bonds. The lowest BCUT2D eigenvalue weighted by molar-refractivity contribution is -0.141. The topological polar surface area (TPSA) is 228 Å². The van der Waals surface area contributed by atoms with E-state index < -0.39 is 23.9 Å². The number of aliphatic hydroxyl groups is 1. The number of phenolic OH excluding ortho intramolecular Hbond substituents is 1. The van der Waals surface area contributed by atoms with Gasteiger partial charge in [0.25, 0.3) is 0 Å². The van der Waals surface area contributed by atoms with Crippen molar-refractivity contribution in [3.8, 4) is 33.5 Å². The van der Waals surface area contributed by atoms with E-state index in [4.69, 9.17) is 28.9 Å². The number of benzene rings is 3. The van der Waals surface area contributed by atoms with Crippen LogP contribution in [0, 0.1) is 18.7 Å². The molecular weight excluding hydrogens is 1130 g/mol. The monoisotopic (exact) mass is 1200 g/mol. The third-order valence-electron chi connectivity index (χ3n) is 19.3. The van der Waals surface area contributed by atoms with Crippen LogP contribution in [-0.4, -0.2) is 169 Å². The summed E-state index contributed by atoms with van der Waals surface area (Å²) in [7, 11) is 0. The lowest BCUT2D eigenvalue weighted by atomic mass is 9.91. The van der Waals surface area contributed by atoms with Gasteiger partial charge >= 0.3 is 12.1 Å². The van der Waals surface area contributed by atoms with E-state index in [-0.39, 0.29) is 96.6 Å². The Morgan fingerprint density at radius 2 is 1.77 bits per heavy atom. The average molecular weight is 1210 g/mol. The molecule has 6 aliphatic heterocycles. The van der Waals surface area contributed by atoms with Crippen molar-refractivity contribution in [3.05, 3.63) is 101 Å². The highest BCUT2D eigenvalue weighted by Gasteiger charge is 2.51. The number of phenols is 1. The number of piperazine rings is 2. The van der Waals surface area contributed by atoms with Crippen molar-refractivity contribution in [2.24, 2.45) is 5.92 Å². The molecule has 87 heavy (non-hydrogen) atoms. The van der Waals surface area contributed by atoms with Crippen LogP contribution in [0.3, 0.4) is 0 Å². The highest BCUT2D eigenvalue weighted by Crippen LogP contribution is 2.44. The summed E-state index contributed by atoms with van der Waals surface area (Å²) in [6.45, 7) is 15.8. The first kappa shape index (κ1) is 58.5. The molecule has 0 aliphatic carbocycles. The molecule has 22 heteroatoms. The fourth-order valence-electron chi connectivity index (χ4n) is 14.8. The zero-order valence-corrected chi connectivity index (χ0v) is 51.1. The number of hydrogen-bond donors (Lipinski definition) is 4. The molecule has 3 aromatic carbocycles.